The number of anilines is 1. The zero-order valence-electron chi connectivity index (χ0n) is 17.1. The second-order valence-electron chi connectivity index (χ2n) is 6.77. The lowest BCUT2D eigenvalue weighted by Gasteiger charge is -2.37. The molecule has 0 atom stereocenters. The number of benzene rings is 2. The van der Waals surface area contributed by atoms with Crippen LogP contribution >= 0.6 is 0 Å². The summed E-state index contributed by atoms with van der Waals surface area (Å²) in [6, 6.07) is 17.6. The third-order valence-corrected chi connectivity index (χ3v) is 4.96. The van der Waals surface area contributed by atoms with E-state index in [-0.39, 0.29) is 5.91 Å². The number of piperazine rings is 1. The molecule has 3 rings (SSSR count). The van der Waals surface area contributed by atoms with Crippen LogP contribution in [-0.4, -0.2) is 70.2 Å². The molecule has 2 N–H and O–H groups in total. The lowest BCUT2D eigenvalue weighted by atomic mass is 10.2. The normalized spacial score (nSPS) is 14.5. The molecule has 0 radical (unpaired) electrons. The molecule has 29 heavy (non-hydrogen) atoms. The number of guanidine groups is 1. The minimum absolute atomic E-state index is 0.0964. The van der Waals surface area contributed by atoms with Crippen LogP contribution in [0.3, 0.4) is 0 Å². The number of aliphatic imine (C=N–C) groups is 1. The number of hydrogen-bond acceptors (Lipinski definition) is 4. The number of para-hydroxylation sites is 1. The van der Waals surface area contributed by atoms with Gasteiger partial charge < -0.3 is 25.2 Å². The first kappa shape index (κ1) is 20.5. The predicted molar refractivity (Wildman–Crippen MR) is 117 cm³/mol. The first-order valence-electron chi connectivity index (χ1n) is 9.89. The van der Waals surface area contributed by atoms with Crippen molar-refractivity contribution >= 4 is 17.6 Å². The van der Waals surface area contributed by atoms with Gasteiger partial charge in [-0.25, -0.2) is 0 Å². The number of amides is 1. The Kier molecular flexibility index (Phi) is 7.33. The molecule has 1 heterocycles. The molecule has 1 aliphatic rings. The molecule has 1 aliphatic heterocycles. The predicted octanol–water partition coefficient (Wildman–Crippen LogP) is 1.82. The lowest BCUT2D eigenvalue weighted by molar-refractivity contribution is 0.0954. The van der Waals surface area contributed by atoms with Crippen LogP contribution in [0, 0.1) is 0 Å². The molecule has 1 fully saturated rings. The fourth-order valence-corrected chi connectivity index (χ4v) is 3.34. The van der Waals surface area contributed by atoms with Crippen LogP contribution in [0.5, 0.6) is 5.75 Å². The Morgan fingerprint density at radius 1 is 0.966 bits per heavy atom. The zero-order chi connectivity index (χ0) is 20.5. The standard InChI is InChI=1S/C22H29N5O2/c1-23-22(27-16-14-26(15-17-27)19-6-4-3-5-7-19)25-13-12-24-21(28)18-8-10-20(29-2)11-9-18/h3-11H,12-17H2,1-2H3,(H,23,25)(H,24,28). The molecule has 154 valence electrons. The van der Waals surface area contributed by atoms with E-state index < -0.39 is 0 Å². The van der Waals surface area contributed by atoms with E-state index in [1.165, 1.54) is 5.69 Å². The summed E-state index contributed by atoms with van der Waals surface area (Å²) in [5.41, 5.74) is 1.88. The maximum Gasteiger partial charge on any atom is 0.251 e. The summed E-state index contributed by atoms with van der Waals surface area (Å²) in [4.78, 5) is 21.2. The Balaban J connectivity index is 1.40. The van der Waals surface area contributed by atoms with E-state index in [0.717, 1.165) is 37.9 Å². The number of nitrogens with one attached hydrogen (secondary N) is 2. The quantitative estimate of drug-likeness (QED) is 0.444. The van der Waals surface area contributed by atoms with Crippen molar-refractivity contribution in [1.82, 2.24) is 15.5 Å². The molecule has 0 bridgehead atoms. The molecule has 0 aromatic heterocycles. The van der Waals surface area contributed by atoms with E-state index in [1.54, 1.807) is 38.4 Å². The SMILES string of the molecule is CN=C(NCCNC(=O)c1ccc(OC)cc1)N1CCN(c2ccccc2)CC1. The Morgan fingerprint density at radius 2 is 1.62 bits per heavy atom. The van der Waals surface area contributed by atoms with Gasteiger partial charge in [-0.2, -0.15) is 0 Å². The van der Waals surface area contributed by atoms with Crippen molar-refractivity contribution < 1.29 is 9.53 Å². The number of ether oxygens (including phenoxy) is 1. The fraction of sp³-hybridized carbons (Fsp3) is 0.364. The minimum Gasteiger partial charge on any atom is -0.497 e. The maximum atomic E-state index is 12.2. The topological polar surface area (TPSA) is 69.2 Å². The van der Waals surface area contributed by atoms with Crippen molar-refractivity contribution in [3.8, 4) is 5.75 Å². The van der Waals surface area contributed by atoms with Crippen LogP contribution < -0.4 is 20.3 Å². The third kappa shape index (κ3) is 5.63. The van der Waals surface area contributed by atoms with Crippen LogP contribution in [0.25, 0.3) is 0 Å². The Bertz CT molecular complexity index is 800. The number of rotatable bonds is 6. The molecule has 2 aromatic carbocycles. The van der Waals surface area contributed by atoms with Crippen molar-refractivity contribution in [1.29, 1.82) is 0 Å². The van der Waals surface area contributed by atoms with Gasteiger partial charge >= 0.3 is 0 Å². The highest BCUT2D eigenvalue weighted by molar-refractivity contribution is 5.94. The summed E-state index contributed by atoms with van der Waals surface area (Å²) >= 11 is 0. The van der Waals surface area contributed by atoms with Crippen molar-refractivity contribution in [2.45, 2.75) is 0 Å². The summed E-state index contributed by atoms with van der Waals surface area (Å²) in [6.45, 7) is 4.87. The molecule has 0 spiro atoms. The van der Waals surface area contributed by atoms with Crippen LogP contribution in [0.1, 0.15) is 10.4 Å². The number of carbonyl (C=O) groups is 1. The highest BCUT2D eigenvalue weighted by atomic mass is 16.5. The highest BCUT2D eigenvalue weighted by Gasteiger charge is 2.19. The van der Waals surface area contributed by atoms with Gasteiger partial charge in [0.25, 0.3) is 5.91 Å². The molecule has 0 saturated carbocycles. The van der Waals surface area contributed by atoms with Crippen molar-refractivity contribution in [3.05, 3.63) is 60.2 Å². The first-order valence-corrected chi connectivity index (χ1v) is 9.89. The van der Waals surface area contributed by atoms with E-state index >= 15 is 0 Å². The van der Waals surface area contributed by atoms with Crippen molar-refractivity contribution in [2.24, 2.45) is 4.99 Å². The smallest absolute Gasteiger partial charge is 0.251 e. The van der Waals surface area contributed by atoms with Gasteiger partial charge in [-0.1, -0.05) is 18.2 Å². The first-order chi connectivity index (χ1) is 14.2. The summed E-state index contributed by atoms with van der Waals surface area (Å²) in [5, 5.41) is 6.26. The molecular formula is C22H29N5O2. The van der Waals surface area contributed by atoms with Crippen LogP contribution in [0.4, 0.5) is 5.69 Å². The van der Waals surface area contributed by atoms with Crippen LogP contribution in [0.2, 0.25) is 0 Å². The minimum atomic E-state index is -0.0964. The van der Waals surface area contributed by atoms with Gasteiger partial charge in [0.05, 0.1) is 7.11 Å². The van der Waals surface area contributed by atoms with Gasteiger partial charge in [0.2, 0.25) is 0 Å². The van der Waals surface area contributed by atoms with Gasteiger partial charge in [0.15, 0.2) is 5.96 Å². The number of hydrogen-bond donors (Lipinski definition) is 2. The molecule has 1 amide bonds. The molecule has 1 saturated heterocycles. The second-order valence-corrected chi connectivity index (χ2v) is 6.77. The molecule has 0 aliphatic carbocycles. The Morgan fingerprint density at radius 3 is 2.24 bits per heavy atom. The van der Waals surface area contributed by atoms with Gasteiger partial charge in [0.1, 0.15) is 5.75 Å². The highest BCUT2D eigenvalue weighted by Crippen LogP contribution is 2.15. The van der Waals surface area contributed by atoms with Crippen LogP contribution in [0.15, 0.2) is 59.6 Å². The summed E-state index contributed by atoms with van der Waals surface area (Å²) in [5.74, 6) is 1.51. The van der Waals surface area contributed by atoms with E-state index in [9.17, 15) is 4.79 Å². The van der Waals surface area contributed by atoms with Crippen LogP contribution in [-0.2, 0) is 0 Å². The maximum absolute atomic E-state index is 12.2. The van der Waals surface area contributed by atoms with Crippen molar-refractivity contribution in [2.75, 3.05) is 58.3 Å². The number of methoxy groups -OCH3 is 1. The van der Waals surface area contributed by atoms with Gasteiger partial charge in [0, 0.05) is 57.6 Å². The molecule has 0 unspecified atom stereocenters. The largest absolute Gasteiger partial charge is 0.497 e. The lowest BCUT2D eigenvalue weighted by Crippen LogP contribution is -2.53. The van der Waals surface area contributed by atoms with Gasteiger partial charge in [-0.3, -0.25) is 9.79 Å². The Hall–Kier alpha value is -3.22. The van der Waals surface area contributed by atoms with E-state index in [0.29, 0.717) is 18.7 Å². The van der Waals surface area contributed by atoms with E-state index in [1.807, 2.05) is 6.07 Å². The van der Waals surface area contributed by atoms with E-state index in [4.69, 9.17) is 4.74 Å². The summed E-state index contributed by atoms with van der Waals surface area (Å²) < 4.78 is 5.11. The average molecular weight is 396 g/mol. The van der Waals surface area contributed by atoms with Crippen molar-refractivity contribution in [3.63, 3.8) is 0 Å². The zero-order valence-corrected chi connectivity index (χ0v) is 17.1. The number of carbonyl (C=O) groups excluding carboxylic acids is 1. The van der Waals surface area contributed by atoms with E-state index in [2.05, 4.69) is 49.7 Å². The summed E-state index contributed by atoms with van der Waals surface area (Å²) in [6.07, 6.45) is 0. The average Bonchev–Trinajstić information content (AvgIpc) is 2.80. The molecular weight excluding hydrogens is 366 g/mol. The monoisotopic (exact) mass is 395 g/mol. The fourth-order valence-electron chi connectivity index (χ4n) is 3.34. The van der Waals surface area contributed by atoms with Gasteiger partial charge in [-0.05, 0) is 36.4 Å². The summed E-state index contributed by atoms with van der Waals surface area (Å²) in [7, 11) is 3.40. The second kappa shape index (κ2) is 10.4. The molecule has 7 heteroatoms. The molecule has 7 nitrogen and oxygen atoms in total. The molecule has 2 aromatic rings. The third-order valence-electron chi connectivity index (χ3n) is 4.96. The van der Waals surface area contributed by atoms with Gasteiger partial charge in [-0.15, -0.1) is 0 Å². The number of nitrogens with zero attached hydrogens (tertiary/aromatic N) is 3. The Labute approximate surface area is 172 Å².